The van der Waals surface area contributed by atoms with Crippen LogP contribution in [0.5, 0.6) is 5.88 Å². The summed E-state index contributed by atoms with van der Waals surface area (Å²) in [6.45, 7) is 3.20. The molecular weight excluding hydrogens is 533 g/mol. The predicted octanol–water partition coefficient (Wildman–Crippen LogP) is 6.68. The fourth-order valence-corrected chi connectivity index (χ4v) is 7.25. The van der Waals surface area contributed by atoms with Gasteiger partial charge in [0.25, 0.3) is 0 Å². The highest BCUT2D eigenvalue weighted by molar-refractivity contribution is 7.96. The van der Waals surface area contributed by atoms with Crippen molar-refractivity contribution in [3.05, 3.63) is 76.5 Å². The summed E-state index contributed by atoms with van der Waals surface area (Å²) in [5, 5.41) is 0. The molecule has 0 bridgehead atoms. The number of halogens is 5. The molecule has 4 nitrogen and oxygen atoms in total. The maximum atomic E-state index is 15.3. The maximum absolute atomic E-state index is 15.3. The zero-order chi connectivity index (χ0) is 27.1. The Morgan fingerprint density at radius 3 is 2.54 bits per heavy atom. The Morgan fingerprint density at radius 1 is 1.03 bits per heavy atom. The third-order valence-electron chi connectivity index (χ3n) is 8.61. The molecule has 2 unspecified atom stereocenters. The molecule has 3 heterocycles. The van der Waals surface area contributed by atoms with Crippen molar-refractivity contribution < 1.29 is 26.7 Å². The summed E-state index contributed by atoms with van der Waals surface area (Å²) in [7, 11) is 0. The number of hydrogen-bond donors (Lipinski definition) is 0. The van der Waals surface area contributed by atoms with E-state index in [1.165, 1.54) is 24.1 Å². The molecule has 0 amide bonds. The number of hydrogen-bond acceptors (Lipinski definition) is 5. The Balaban J connectivity index is 1.13. The summed E-state index contributed by atoms with van der Waals surface area (Å²) in [4.78, 5) is 6.33. The number of fused-ring (bicyclic) bond motifs is 3. The standard InChI is InChI=1S/C29H26F5N3OS/c1-39-37-14-28(15-37)12-36(13-28)19-2-3-20(26(31)8-19)22-6-18(25(30)9-24(22)29(32,33)34)11-38-27-7-17-4-16-5-21(16)23(17)10-35-27/h2-3,6-10,16,21H,4-5,11-15H2,1H3. The minimum absolute atomic E-state index is 0.0976. The summed E-state index contributed by atoms with van der Waals surface area (Å²) < 4.78 is 79.8. The van der Waals surface area contributed by atoms with Gasteiger partial charge in [0.15, 0.2) is 0 Å². The van der Waals surface area contributed by atoms with Crippen LogP contribution in [0.3, 0.4) is 0 Å². The van der Waals surface area contributed by atoms with Crippen molar-refractivity contribution in [3.8, 4) is 17.0 Å². The molecule has 1 aromatic heterocycles. The molecule has 39 heavy (non-hydrogen) atoms. The van der Waals surface area contributed by atoms with Gasteiger partial charge in [-0.1, -0.05) is 11.9 Å². The molecular formula is C29H26F5N3OS. The van der Waals surface area contributed by atoms with Gasteiger partial charge in [-0.05, 0) is 78.0 Å². The van der Waals surface area contributed by atoms with E-state index in [2.05, 4.69) is 9.29 Å². The number of aromatic nitrogens is 1. The van der Waals surface area contributed by atoms with E-state index in [1.54, 1.807) is 24.2 Å². The van der Waals surface area contributed by atoms with E-state index >= 15 is 4.39 Å². The number of ether oxygens (including phenoxy) is 1. The minimum atomic E-state index is -4.86. The molecule has 1 saturated carbocycles. The Hall–Kier alpha value is -2.85. The molecule has 7 rings (SSSR count). The highest BCUT2D eigenvalue weighted by Crippen LogP contribution is 2.56. The van der Waals surface area contributed by atoms with Crippen LogP contribution >= 0.6 is 11.9 Å². The van der Waals surface area contributed by atoms with E-state index in [0.717, 1.165) is 44.2 Å². The monoisotopic (exact) mass is 559 g/mol. The average molecular weight is 560 g/mol. The Morgan fingerprint density at radius 2 is 1.82 bits per heavy atom. The number of nitrogens with zero attached hydrogens (tertiary/aromatic N) is 3. The van der Waals surface area contributed by atoms with Crippen LogP contribution in [0.1, 0.15) is 34.6 Å². The van der Waals surface area contributed by atoms with Crippen molar-refractivity contribution in [2.45, 2.75) is 31.5 Å². The molecule has 204 valence electrons. The molecule has 1 spiro atoms. The van der Waals surface area contributed by atoms with Gasteiger partial charge in [0.1, 0.15) is 18.2 Å². The van der Waals surface area contributed by atoms with E-state index in [-0.39, 0.29) is 23.1 Å². The van der Waals surface area contributed by atoms with Gasteiger partial charge in [0, 0.05) is 60.7 Å². The Bertz CT molecular complexity index is 1460. The lowest BCUT2D eigenvalue weighted by Gasteiger charge is -2.60. The first-order chi connectivity index (χ1) is 18.6. The second-order valence-electron chi connectivity index (χ2n) is 11.3. The molecule has 2 saturated heterocycles. The van der Waals surface area contributed by atoms with Crippen molar-refractivity contribution in [1.29, 1.82) is 0 Å². The quantitative estimate of drug-likeness (QED) is 0.248. The zero-order valence-electron chi connectivity index (χ0n) is 21.2. The van der Waals surface area contributed by atoms with Crippen LogP contribution in [-0.4, -0.2) is 41.7 Å². The molecule has 2 aliphatic heterocycles. The average Bonchev–Trinajstić information content (AvgIpc) is 3.52. The van der Waals surface area contributed by atoms with Gasteiger partial charge >= 0.3 is 6.18 Å². The molecule has 2 aromatic carbocycles. The Kier molecular flexibility index (Phi) is 5.69. The van der Waals surface area contributed by atoms with Gasteiger partial charge in [-0.3, -0.25) is 0 Å². The number of rotatable bonds is 6. The van der Waals surface area contributed by atoms with Crippen LogP contribution in [0.4, 0.5) is 27.6 Å². The number of pyridine rings is 1. The normalized spacial score (nSPS) is 22.8. The molecule has 2 atom stereocenters. The highest BCUT2D eigenvalue weighted by atomic mass is 32.2. The van der Waals surface area contributed by atoms with Crippen LogP contribution < -0.4 is 9.64 Å². The summed E-state index contributed by atoms with van der Waals surface area (Å²) in [5.74, 6) is -0.305. The van der Waals surface area contributed by atoms with Crippen LogP contribution in [0, 0.1) is 23.0 Å². The van der Waals surface area contributed by atoms with Gasteiger partial charge in [0.2, 0.25) is 5.88 Å². The summed E-state index contributed by atoms with van der Waals surface area (Å²) >= 11 is 1.70. The highest BCUT2D eigenvalue weighted by Gasteiger charge is 2.51. The van der Waals surface area contributed by atoms with Gasteiger partial charge in [-0.15, -0.1) is 0 Å². The lowest BCUT2D eigenvalue weighted by Crippen LogP contribution is -2.70. The molecule has 4 aliphatic rings. The SMILES string of the molecule is CSN1CC2(C1)CN(c1ccc(-c3cc(COc4cc5c(cn4)C4CC4C5)c(F)cc3C(F)(F)F)c(F)c1)C2. The largest absolute Gasteiger partial charge is 0.473 e. The van der Waals surface area contributed by atoms with Crippen molar-refractivity contribution in [3.63, 3.8) is 0 Å². The van der Waals surface area contributed by atoms with Gasteiger partial charge < -0.3 is 9.64 Å². The van der Waals surface area contributed by atoms with E-state index < -0.39 is 28.9 Å². The van der Waals surface area contributed by atoms with Crippen LogP contribution in [0.2, 0.25) is 0 Å². The van der Waals surface area contributed by atoms with E-state index in [0.29, 0.717) is 29.5 Å². The molecule has 10 heteroatoms. The number of anilines is 1. The lowest BCUT2D eigenvalue weighted by molar-refractivity contribution is -0.137. The number of alkyl halides is 3. The summed E-state index contributed by atoms with van der Waals surface area (Å²) in [6.07, 6.45) is 1.09. The second-order valence-corrected chi connectivity index (χ2v) is 12.2. The van der Waals surface area contributed by atoms with Gasteiger partial charge in [-0.2, -0.15) is 13.2 Å². The van der Waals surface area contributed by atoms with Gasteiger partial charge in [-0.25, -0.2) is 18.1 Å². The second kappa shape index (κ2) is 8.83. The topological polar surface area (TPSA) is 28.6 Å². The summed E-state index contributed by atoms with van der Waals surface area (Å²) in [5.41, 5.74) is 1.25. The first kappa shape index (κ1) is 25.1. The fourth-order valence-electron chi connectivity index (χ4n) is 6.45. The van der Waals surface area contributed by atoms with Crippen molar-refractivity contribution in [2.24, 2.45) is 11.3 Å². The zero-order valence-corrected chi connectivity index (χ0v) is 22.0. The third kappa shape index (κ3) is 4.36. The smallest absolute Gasteiger partial charge is 0.417 e. The third-order valence-corrected chi connectivity index (χ3v) is 9.39. The predicted molar refractivity (Wildman–Crippen MR) is 140 cm³/mol. The number of benzene rings is 2. The molecule has 2 aliphatic carbocycles. The molecule has 0 N–H and O–H groups in total. The fraction of sp³-hybridized carbons (Fsp3) is 0.414. The van der Waals surface area contributed by atoms with Crippen LogP contribution in [-0.2, 0) is 19.2 Å². The van der Waals surface area contributed by atoms with Crippen molar-refractivity contribution >= 4 is 17.6 Å². The van der Waals surface area contributed by atoms with Crippen LogP contribution in [0.15, 0.2) is 42.6 Å². The first-order valence-corrected chi connectivity index (χ1v) is 14.2. The van der Waals surface area contributed by atoms with E-state index in [1.807, 2.05) is 17.2 Å². The maximum Gasteiger partial charge on any atom is 0.417 e. The first-order valence-electron chi connectivity index (χ1n) is 13.0. The molecule has 0 radical (unpaired) electrons. The van der Waals surface area contributed by atoms with Crippen molar-refractivity contribution in [2.75, 3.05) is 37.3 Å². The van der Waals surface area contributed by atoms with E-state index in [9.17, 15) is 17.6 Å². The molecule has 3 aromatic rings. The summed E-state index contributed by atoms with van der Waals surface area (Å²) in [6, 6.07) is 7.55. The Labute approximate surface area is 227 Å². The minimum Gasteiger partial charge on any atom is -0.473 e. The van der Waals surface area contributed by atoms with E-state index in [4.69, 9.17) is 4.74 Å². The van der Waals surface area contributed by atoms with Crippen molar-refractivity contribution in [1.82, 2.24) is 9.29 Å². The molecule has 3 fully saturated rings. The van der Waals surface area contributed by atoms with Gasteiger partial charge in [0.05, 0.1) is 5.56 Å². The van der Waals surface area contributed by atoms with Crippen LogP contribution in [0.25, 0.3) is 11.1 Å². The lowest BCUT2D eigenvalue weighted by atomic mass is 9.74.